The number of aromatic nitrogens is 5. The Morgan fingerprint density at radius 1 is 1.03 bits per heavy atom. The highest BCUT2D eigenvalue weighted by Crippen LogP contribution is 2.21. The van der Waals surface area contributed by atoms with Gasteiger partial charge < -0.3 is 4.57 Å². The second-order valence-electron chi connectivity index (χ2n) is 8.19. The number of benzene rings is 1. The summed E-state index contributed by atoms with van der Waals surface area (Å²) in [5.41, 5.74) is 1.81. The van der Waals surface area contributed by atoms with Crippen LogP contribution in [0.4, 0.5) is 4.39 Å². The van der Waals surface area contributed by atoms with Crippen LogP contribution >= 0.6 is 12.2 Å². The van der Waals surface area contributed by atoms with Crippen LogP contribution in [0.5, 0.6) is 0 Å². The van der Waals surface area contributed by atoms with E-state index < -0.39 is 0 Å². The molecule has 0 aliphatic carbocycles. The van der Waals surface area contributed by atoms with Gasteiger partial charge in [0.05, 0.1) is 17.9 Å². The van der Waals surface area contributed by atoms with Gasteiger partial charge in [-0.15, -0.1) is 0 Å². The molecule has 0 saturated carbocycles. The third-order valence-electron chi connectivity index (χ3n) is 5.96. The molecule has 0 atom stereocenters. The standard InChI is InChI=1S/C23H24FN7OS/c1-27-22(18-6-2-3-7-19(18)24)26-31(23(27)33)16-29-12-10-28(11-13-29)15-17-14-21(32)30-9-5-4-8-20(30)25-17/h2-9,14H,10-13,15-16H2,1H3. The van der Waals surface area contributed by atoms with Crippen LogP contribution < -0.4 is 5.56 Å². The summed E-state index contributed by atoms with van der Waals surface area (Å²) in [6.45, 7) is 4.53. The summed E-state index contributed by atoms with van der Waals surface area (Å²) < 4.78 is 19.8. The molecule has 0 spiro atoms. The van der Waals surface area contributed by atoms with Crippen LogP contribution in [0.3, 0.4) is 0 Å². The molecule has 0 radical (unpaired) electrons. The Morgan fingerprint density at radius 2 is 1.76 bits per heavy atom. The molecule has 0 unspecified atom stereocenters. The minimum Gasteiger partial charge on any atom is -0.303 e. The highest BCUT2D eigenvalue weighted by molar-refractivity contribution is 7.71. The van der Waals surface area contributed by atoms with Crippen LogP contribution in [0.1, 0.15) is 5.69 Å². The lowest BCUT2D eigenvalue weighted by Crippen LogP contribution is -2.46. The largest absolute Gasteiger partial charge is 0.303 e. The summed E-state index contributed by atoms with van der Waals surface area (Å²) in [6.07, 6.45) is 1.73. The number of fused-ring (bicyclic) bond motifs is 1. The lowest BCUT2D eigenvalue weighted by atomic mass is 10.2. The zero-order chi connectivity index (χ0) is 22.9. The number of piperazine rings is 1. The molecular weight excluding hydrogens is 441 g/mol. The Labute approximate surface area is 195 Å². The third kappa shape index (κ3) is 4.37. The lowest BCUT2D eigenvalue weighted by Gasteiger charge is -2.34. The molecule has 1 aliphatic heterocycles. The summed E-state index contributed by atoms with van der Waals surface area (Å²) >= 11 is 5.55. The highest BCUT2D eigenvalue weighted by atomic mass is 32.1. The zero-order valence-corrected chi connectivity index (χ0v) is 19.1. The monoisotopic (exact) mass is 465 g/mol. The van der Waals surface area contributed by atoms with E-state index in [-0.39, 0.29) is 11.4 Å². The predicted molar refractivity (Wildman–Crippen MR) is 126 cm³/mol. The molecule has 0 amide bonds. The second-order valence-corrected chi connectivity index (χ2v) is 8.56. The van der Waals surface area contributed by atoms with Gasteiger partial charge in [-0.2, -0.15) is 5.10 Å². The van der Waals surface area contributed by atoms with E-state index in [1.807, 2.05) is 25.2 Å². The molecule has 8 nitrogen and oxygen atoms in total. The van der Waals surface area contributed by atoms with Gasteiger partial charge in [0.1, 0.15) is 11.5 Å². The van der Waals surface area contributed by atoms with Crippen LogP contribution in [-0.2, 0) is 20.3 Å². The van der Waals surface area contributed by atoms with Gasteiger partial charge in [0.15, 0.2) is 10.6 Å². The number of nitrogens with zero attached hydrogens (tertiary/aromatic N) is 7. The Balaban J connectivity index is 1.24. The van der Waals surface area contributed by atoms with Crippen LogP contribution in [0.15, 0.2) is 59.5 Å². The fourth-order valence-corrected chi connectivity index (χ4v) is 4.33. The van der Waals surface area contributed by atoms with Gasteiger partial charge in [0.2, 0.25) is 0 Å². The number of halogens is 1. The van der Waals surface area contributed by atoms with Gasteiger partial charge in [0, 0.05) is 52.0 Å². The maximum Gasteiger partial charge on any atom is 0.258 e. The Bertz CT molecular complexity index is 1420. The van der Waals surface area contributed by atoms with Gasteiger partial charge in [-0.05, 0) is 36.5 Å². The van der Waals surface area contributed by atoms with Gasteiger partial charge in [-0.1, -0.05) is 18.2 Å². The minimum absolute atomic E-state index is 0.0654. The molecule has 1 saturated heterocycles. The first kappa shape index (κ1) is 21.6. The molecule has 170 valence electrons. The fraction of sp³-hybridized carbons (Fsp3) is 0.304. The van der Waals surface area contributed by atoms with E-state index in [1.165, 1.54) is 6.07 Å². The smallest absolute Gasteiger partial charge is 0.258 e. The zero-order valence-electron chi connectivity index (χ0n) is 18.3. The molecule has 1 fully saturated rings. The molecule has 3 aromatic heterocycles. The van der Waals surface area contributed by atoms with Crippen molar-refractivity contribution in [2.24, 2.45) is 7.05 Å². The normalized spacial score (nSPS) is 15.3. The Morgan fingerprint density at radius 3 is 2.55 bits per heavy atom. The lowest BCUT2D eigenvalue weighted by molar-refractivity contribution is 0.0973. The van der Waals surface area contributed by atoms with Crippen molar-refractivity contribution < 1.29 is 4.39 Å². The average molecular weight is 466 g/mol. The van der Waals surface area contributed by atoms with E-state index in [9.17, 15) is 9.18 Å². The Hall–Kier alpha value is -3.21. The van der Waals surface area contributed by atoms with Gasteiger partial charge in [-0.25, -0.2) is 14.1 Å². The first-order valence-electron chi connectivity index (χ1n) is 10.8. The van der Waals surface area contributed by atoms with Crippen molar-refractivity contribution in [3.8, 4) is 11.4 Å². The fourth-order valence-electron chi connectivity index (χ4n) is 4.15. The van der Waals surface area contributed by atoms with Crippen molar-refractivity contribution in [1.82, 2.24) is 33.5 Å². The highest BCUT2D eigenvalue weighted by Gasteiger charge is 2.20. The van der Waals surface area contributed by atoms with Gasteiger partial charge in [-0.3, -0.25) is 19.0 Å². The topological polar surface area (TPSA) is 63.6 Å². The van der Waals surface area contributed by atoms with Crippen molar-refractivity contribution in [1.29, 1.82) is 0 Å². The third-order valence-corrected chi connectivity index (χ3v) is 6.45. The number of hydrogen-bond acceptors (Lipinski definition) is 6. The molecule has 0 bridgehead atoms. The molecule has 33 heavy (non-hydrogen) atoms. The molecule has 10 heteroatoms. The second kappa shape index (κ2) is 8.97. The van der Waals surface area contributed by atoms with Crippen molar-refractivity contribution >= 4 is 17.9 Å². The maximum absolute atomic E-state index is 14.2. The average Bonchev–Trinajstić information content (AvgIpc) is 3.09. The SMILES string of the molecule is Cn1c(-c2ccccc2F)nn(CN2CCN(Cc3cc(=O)n4ccccc4n3)CC2)c1=S. The van der Waals surface area contributed by atoms with Crippen molar-refractivity contribution in [3.63, 3.8) is 0 Å². The summed E-state index contributed by atoms with van der Waals surface area (Å²) in [5.74, 6) is 0.203. The number of hydrogen-bond donors (Lipinski definition) is 0. The first-order chi connectivity index (χ1) is 16.0. The van der Waals surface area contributed by atoms with Gasteiger partial charge >= 0.3 is 0 Å². The summed E-state index contributed by atoms with van der Waals surface area (Å²) in [6, 6.07) is 13.7. The van der Waals surface area contributed by atoms with Crippen LogP contribution in [0.25, 0.3) is 17.0 Å². The molecule has 1 aromatic carbocycles. The Kier molecular flexibility index (Phi) is 5.88. The molecule has 4 aromatic rings. The van der Waals surface area contributed by atoms with E-state index in [0.29, 0.717) is 35.0 Å². The molecule has 5 rings (SSSR count). The van der Waals surface area contributed by atoms with Crippen LogP contribution in [-0.4, -0.2) is 59.7 Å². The minimum atomic E-state index is -0.316. The van der Waals surface area contributed by atoms with E-state index >= 15 is 0 Å². The maximum atomic E-state index is 14.2. The summed E-state index contributed by atoms with van der Waals surface area (Å²) in [5, 5.41) is 4.59. The summed E-state index contributed by atoms with van der Waals surface area (Å²) in [4.78, 5) is 21.5. The number of rotatable bonds is 5. The first-order valence-corrected chi connectivity index (χ1v) is 11.2. The summed E-state index contributed by atoms with van der Waals surface area (Å²) in [7, 11) is 1.81. The molecule has 0 N–H and O–H groups in total. The van der Waals surface area contributed by atoms with Crippen LogP contribution in [0.2, 0.25) is 0 Å². The quantitative estimate of drug-likeness (QED) is 0.422. The molecule has 4 heterocycles. The van der Waals surface area contributed by atoms with E-state index in [0.717, 1.165) is 31.9 Å². The van der Waals surface area contributed by atoms with E-state index in [1.54, 1.807) is 44.1 Å². The van der Waals surface area contributed by atoms with Gasteiger partial charge in [0.25, 0.3) is 5.56 Å². The predicted octanol–water partition coefficient (Wildman–Crippen LogP) is 2.54. The van der Waals surface area contributed by atoms with E-state index in [2.05, 4.69) is 19.9 Å². The van der Waals surface area contributed by atoms with E-state index in [4.69, 9.17) is 12.2 Å². The van der Waals surface area contributed by atoms with Crippen molar-refractivity contribution in [2.45, 2.75) is 13.2 Å². The van der Waals surface area contributed by atoms with Crippen molar-refractivity contribution in [3.05, 3.63) is 81.4 Å². The molecular formula is C23H24FN7OS. The number of pyridine rings is 1. The van der Waals surface area contributed by atoms with Crippen molar-refractivity contribution in [2.75, 3.05) is 26.2 Å². The molecule has 1 aliphatic rings. The van der Waals surface area contributed by atoms with Crippen LogP contribution in [0, 0.1) is 10.6 Å².